The number of carbonyl (C=O) groups excluding carboxylic acids is 2. The molecule has 470 valence electrons. The topological polar surface area (TPSA) is 175 Å². The molecule has 11 heteroatoms. The van der Waals surface area contributed by atoms with Crippen LogP contribution in [0.4, 0.5) is 0 Å². The highest BCUT2D eigenvalue weighted by atomic mass is 16.7. The number of esters is 1. The van der Waals surface area contributed by atoms with Gasteiger partial charge in [0.25, 0.3) is 0 Å². The highest BCUT2D eigenvalue weighted by molar-refractivity contribution is 5.80. The SMILES string of the molecule is CCCCC/C=C\C/C=C\C/C=C\CCCCCCCCC(=O)OC1C(OCC(NC(=O)C(O)CCCCCCCCCCCC/C=C\C/C=C\CCCCC)C(O)/C=C/CCCCCCCCCCCCC)OC(CO)C(O)C1O. The van der Waals surface area contributed by atoms with E-state index >= 15 is 0 Å². The largest absolute Gasteiger partial charge is 0.454 e. The zero-order chi connectivity index (χ0) is 58.9. The zero-order valence-corrected chi connectivity index (χ0v) is 52.1. The zero-order valence-electron chi connectivity index (χ0n) is 52.1. The monoisotopic (exact) mass is 1140 g/mol. The second kappa shape index (κ2) is 57.5. The summed E-state index contributed by atoms with van der Waals surface area (Å²) >= 11 is 0. The Bertz CT molecular complexity index is 1590. The number of ether oxygens (including phenoxy) is 3. The molecule has 6 N–H and O–H groups in total. The van der Waals surface area contributed by atoms with E-state index in [0.717, 1.165) is 103 Å². The molecule has 0 bridgehead atoms. The van der Waals surface area contributed by atoms with E-state index in [0.29, 0.717) is 12.8 Å². The lowest BCUT2D eigenvalue weighted by Gasteiger charge is -2.41. The van der Waals surface area contributed by atoms with Gasteiger partial charge in [0, 0.05) is 6.42 Å². The van der Waals surface area contributed by atoms with Crippen molar-refractivity contribution in [2.75, 3.05) is 13.2 Å². The summed E-state index contributed by atoms with van der Waals surface area (Å²) in [5.74, 6) is -1.21. The number of allylic oxidation sites excluding steroid dienone is 11. The van der Waals surface area contributed by atoms with Gasteiger partial charge in [0.15, 0.2) is 12.4 Å². The van der Waals surface area contributed by atoms with Gasteiger partial charge in [-0.05, 0) is 96.3 Å². The number of aliphatic hydroxyl groups is 5. The third kappa shape index (κ3) is 45.2. The quantitative estimate of drug-likeness (QED) is 0.0195. The molecule has 1 rings (SSSR count). The average Bonchev–Trinajstić information content (AvgIpc) is 3.47. The normalized spacial score (nSPS) is 19.1. The Morgan fingerprint density at radius 1 is 0.481 bits per heavy atom. The molecule has 11 nitrogen and oxygen atoms in total. The summed E-state index contributed by atoms with van der Waals surface area (Å²) in [5.41, 5.74) is 0. The lowest BCUT2D eigenvalue weighted by Crippen LogP contribution is -2.61. The van der Waals surface area contributed by atoms with Gasteiger partial charge >= 0.3 is 5.97 Å². The van der Waals surface area contributed by atoms with Crippen molar-refractivity contribution in [1.29, 1.82) is 0 Å². The number of aliphatic hydroxyl groups excluding tert-OH is 5. The maximum absolute atomic E-state index is 13.5. The first kappa shape index (κ1) is 76.1. The first-order valence-corrected chi connectivity index (χ1v) is 33.7. The Morgan fingerprint density at radius 2 is 0.852 bits per heavy atom. The van der Waals surface area contributed by atoms with Crippen molar-refractivity contribution in [3.63, 3.8) is 0 Å². The fourth-order valence-corrected chi connectivity index (χ4v) is 10.2. The van der Waals surface area contributed by atoms with Crippen molar-refractivity contribution in [3.8, 4) is 0 Å². The van der Waals surface area contributed by atoms with Gasteiger partial charge in [0.05, 0.1) is 25.4 Å². The van der Waals surface area contributed by atoms with Crippen molar-refractivity contribution in [2.24, 2.45) is 0 Å². The number of amides is 1. The van der Waals surface area contributed by atoms with Gasteiger partial charge in [-0.15, -0.1) is 0 Å². The van der Waals surface area contributed by atoms with Crippen LogP contribution < -0.4 is 5.32 Å². The van der Waals surface area contributed by atoms with Crippen molar-refractivity contribution in [1.82, 2.24) is 5.32 Å². The standard InChI is InChI=1S/C70H125NO10/c1-4-7-10-13-16-19-22-25-27-29-31-33-34-36-39-42-45-48-51-54-57-63(74)69(78)71-61(62(73)56-53-50-47-44-41-38-24-21-18-15-12-9-6-3)60-79-70-68(67(77)66(76)64(59-72)80-70)81-65(75)58-55-52-49-46-43-40-37-35-32-30-28-26-23-20-17-14-11-8-5-2/h16-17,19-20,25-28,32,35,53,56,61-64,66-68,70,72-74,76-77H,4-15,18,21-24,29-31,33-34,36-52,54-55,57-60H2,1-3H3,(H,71,78)/b19-16-,20-17-,27-25-,28-26-,35-32-,56-53+. The third-order valence-electron chi connectivity index (χ3n) is 15.6. The van der Waals surface area contributed by atoms with Crippen LogP contribution in [-0.4, -0.2) is 99.6 Å². The predicted octanol–water partition coefficient (Wildman–Crippen LogP) is 16.7. The number of unbranched alkanes of at least 4 members (excludes halogenated alkanes) is 33. The fraction of sp³-hybridized carbons (Fsp3) is 0.800. The van der Waals surface area contributed by atoms with E-state index in [1.807, 2.05) is 6.08 Å². The summed E-state index contributed by atoms with van der Waals surface area (Å²) in [4.78, 5) is 26.6. The summed E-state index contributed by atoms with van der Waals surface area (Å²) in [5, 5.41) is 57.2. The molecule has 81 heavy (non-hydrogen) atoms. The number of carbonyl (C=O) groups is 2. The Kier molecular flexibility index (Phi) is 54.1. The van der Waals surface area contributed by atoms with Gasteiger partial charge in [0.1, 0.15) is 24.4 Å². The molecule has 0 aromatic rings. The minimum Gasteiger partial charge on any atom is -0.454 e. The minimum absolute atomic E-state index is 0.107. The molecular weight excluding hydrogens is 1010 g/mol. The van der Waals surface area contributed by atoms with Gasteiger partial charge in [-0.1, -0.05) is 267 Å². The molecule has 1 fully saturated rings. The van der Waals surface area contributed by atoms with Crippen LogP contribution in [0.2, 0.25) is 0 Å². The third-order valence-corrected chi connectivity index (χ3v) is 15.6. The summed E-state index contributed by atoms with van der Waals surface area (Å²) in [7, 11) is 0. The van der Waals surface area contributed by atoms with Crippen LogP contribution in [0.5, 0.6) is 0 Å². The highest BCUT2D eigenvalue weighted by Gasteiger charge is 2.47. The smallest absolute Gasteiger partial charge is 0.306 e. The second-order valence-corrected chi connectivity index (χ2v) is 23.2. The second-order valence-electron chi connectivity index (χ2n) is 23.2. The maximum atomic E-state index is 13.5. The van der Waals surface area contributed by atoms with Crippen LogP contribution in [-0.2, 0) is 23.8 Å². The van der Waals surface area contributed by atoms with Crippen LogP contribution in [0.1, 0.15) is 297 Å². The number of hydrogen-bond donors (Lipinski definition) is 6. The number of hydrogen-bond acceptors (Lipinski definition) is 10. The molecule has 0 aromatic carbocycles. The van der Waals surface area contributed by atoms with Gasteiger partial charge in [-0.25, -0.2) is 0 Å². The summed E-state index contributed by atoms with van der Waals surface area (Å²) in [6, 6.07) is -1.03. The van der Waals surface area contributed by atoms with Crippen molar-refractivity contribution >= 4 is 11.9 Å². The molecule has 0 saturated carbocycles. The van der Waals surface area contributed by atoms with Gasteiger partial charge in [-0.2, -0.15) is 0 Å². The van der Waals surface area contributed by atoms with E-state index in [4.69, 9.17) is 14.2 Å². The molecule has 1 amide bonds. The van der Waals surface area contributed by atoms with Crippen molar-refractivity contribution < 1.29 is 49.3 Å². The van der Waals surface area contributed by atoms with Crippen molar-refractivity contribution in [3.05, 3.63) is 72.9 Å². The maximum Gasteiger partial charge on any atom is 0.306 e. The highest BCUT2D eigenvalue weighted by Crippen LogP contribution is 2.26. The fourth-order valence-electron chi connectivity index (χ4n) is 10.2. The molecular formula is C70H125NO10. The molecule has 8 atom stereocenters. The molecule has 8 unspecified atom stereocenters. The van der Waals surface area contributed by atoms with Crippen LogP contribution in [0.3, 0.4) is 0 Å². The summed E-state index contributed by atoms with van der Waals surface area (Å²) in [6.45, 7) is 5.75. The van der Waals surface area contributed by atoms with E-state index in [9.17, 15) is 35.1 Å². The Labute approximate surface area is 496 Å². The number of nitrogens with one attached hydrogen (secondary N) is 1. The lowest BCUT2D eigenvalue weighted by atomic mass is 9.99. The van der Waals surface area contributed by atoms with E-state index in [1.54, 1.807) is 6.08 Å². The first-order chi connectivity index (χ1) is 39.7. The molecule has 1 heterocycles. The summed E-state index contributed by atoms with van der Waals surface area (Å²) < 4.78 is 17.7. The van der Waals surface area contributed by atoms with E-state index < -0.39 is 67.4 Å². The predicted molar refractivity (Wildman–Crippen MR) is 338 cm³/mol. The van der Waals surface area contributed by atoms with Crippen LogP contribution >= 0.6 is 0 Å². The van der Waals surface area contributed by atoms with Crippen LogP contribution in [0, 0.1) is 0 Å². The first-order valence-electron chi connectivity index (χ1n) is 33.7. The molecule has 1 saturated heterocycles. The van der Waals surface area contributed by atoms with Gasteiger partial charge in [0.2, 0.25) is 5.91 Å². The Morgan fingerprint density at radius 3 is 1.30 bits per heavy atom. The summed E-state index contributed by atoms with van der Waals surface area (Å²) in [6.07, 6.45) is 63.5. The molecule has 0 aliphatic carbocycles. The Hall–Kier alpha value is -2.90. The van der Waals surface area contributed by atoms with Gasteiger partial charge < -0.3 is 45.1 Å². The van der Waals surface area contributed by atoms with Crippen LogP contribution in [0.25, 0.3) is 0 Å². The molecule has 0 aromatic heterocycles. The minimum atomic E-state index is -1.62. The molecule has 0 spiro atoms. The molecule has 1 aliphatic heterocycles. The molecule has 0 radical (unpaired) electrons. The number of rotatable bonds is 57. The van der Waals surface area contributed by atoms with E-state index in [1.165, 1.54) is 148 Å². The molecule has 1 aliphatic rings. The Balaban J connectivity index is 2.65. The van der Waals surface area contributed by atoms with E-state index in [-0.39, 0.29) is 19.4 Å². The van der Waals surface area contributed by atoms with Gasteiger partial charge in [-0.3, -0.25) is 9.59 Å². The van der Waals surface area contributed by atoms with E-state index in [2.05, 4.69) is 86.8 Å². The average molecular weight is 1140 g/mol. The van der Waals surface area contributed by atoms with Crippen molar-refractivity contribution in [2.45, 2.75) is 346 Å². The van der Waals surface area contributed by atoms with Crippen LogP contribution in [0.15, 0.2) is 72.9 Å². The lowest BCUT2D eigenvalue weighted by molar-refractivity contribution is -0.305.